The van der Waals surface area contributed by atoms with Gasteiger partial charge in [0, 0.05) is 23.3 Å². The molecule has 4 heteroatoms. The first-order valence-corrected chi connectivity index (χ1v) is 7.03. The fraction of sp³-hybridized carbons (Fsp3) is 0.312. The number of benzene rings is 1. The molecule has 0 spiro atoms. The number of hydrogen-bond acceptors (Lipinski definition) is 3. The molecule has 0 saturated heterocycles. The molecular formula is C16H19ClN2O. The van der Waals surface area contributed by atoms with E-state index in [1.54, 1.807) is 6.20 Å². The second kappa shape index (κ2) is 6.73. The van der Waals surface area contributed by atoms with Crippen LogP contribution >= 0.6 is 11.6 Å². The monoisotopic (exact) mass is 290 g/mol. The van der Waals surface area contributed by atoms with E-state index in [1.165, 1.54) is 0 Å². The van der Waals surface area contributed by atoms with Crippen molar-refractivity contribution in [1.82, 2.24) is 10.3 Å². The van der Waals surface area contributed by atoms with Crippen LogP contribution in [-0.2, 0) is 6.54 Å². The fourth-order valence-corrected chi connectivity index (χ4v) is 2.18. The highest BCUT2D eigenvalue weighted by molar-refractivity contribution is 6.31. The Kier molecular flexibility index (Phi) is 4.99. The Bertz CT molecular complexity index is 584. The molecule has 20 heavy (non-hydrogen) atoms. The summed E-state index contributed by atoms with van der Waals surface area (Å²) in [5.74, 6) is 0.780. The van der Waals surface area contributed by atoms with Gasteiger partial charge in [-0.3, -0.25) is 4.98 Å². The van der Waals surface area contributed by atoms with E-state index >= 15 is 0 Å². The molecule has 0 saturated carbocycles. The SMILES string of the molecule is CNCc1cc(-c2cncc(OC(C)C)c2)ccc1Cl. The minimum Gasteiger partial charge on any atom is -0.489 e. The van der Waals surface area contributed by atoms with Crippen LogP contribution in [0.3, 0.4) is 0 Å². The lowest BCUT2D eigenvalue weighted by atomic mass is 10.0. The van der Waals surface area contributed by atoms with E-state index in [1.807, 2.05) is 45.3 Å². The van der Waals surface area contributed by atoms with Gasteiger partial charge in [0.15, 0.2) is 0 Å². The molecule has 0 radical (unpaired) electrons. The van der Waals surface area contributed by atoms with Crippen molar-refractivity contribution in [2.75, 3.05) is 7.05 Å². The van der Waals surface area contributed by atoms with Gasteiger partial charge in [-0.25, -0.2) is 0 Å². The fourth-order valence-electron chi connectivity index (χ4n) is 1.99. The molecule has 0 atom stereocenters. The Morgan fingerprint density at radius 2 is 2.00 bits per heavy atom. The molecule has 0 unspecified atom stereocenters. The van der Waals surface area contributed by atoms with E-state index in [0.29, 0.717) is 0 Å². The maximum Gasteiger partial charge on any atom is 0.138 e. The van der Waals surface area contributed by atoms with Gasteiger partial charge in [0.2, 0.25) is 0 Å². The van der Waals surface area contributed by atoms with E-state index in [4.69, 9.17) is 16.3 Å². The van der Waals surface area contributed by atoms with Gasteiger partial charge in [-0.15, -0.1) is 0 Å². The van der Waals surface area contributed by atoms with Crippen LogP contribution in [0.25, 0.3) is 11.1 Å². The summed E-state index contributed by atoms with van der Waals surface area (Å²) < 4.78 is 5.68. The Morgan fingerprint density at radius 3 is 2.70 bits per heavy atom. The van der Waals surface area contributed by atoms with Crippen molar-refractivity contribution in [2.24, 2.45) is 0 Å². The molecule has 0 fully saturated rings. The Balaban J connectivity index is 2.33. The van der Waals surface area contributed by atoms with E-state index in [9.17, 15) is 0 Å². The lowest BCUT2D eigenvalue weighted by molar-refractivity contribution is 0.241. The second-order valence-electron chi connectivity index (χ2n) is 4.91. The first-order valence-electron chi connectivity index (χ1n) is 6.65. The van der Waals surface area contributed by atoms with Crippen LogP contribution < -0.4 is 10.1 Å². The van der Waals surface area contributed by atoms with Gasteiger partial charge in [-0.05, 0) is 50.2 Å². The summed E-state index contributed by atoms with van der Waals surface area (Å²) in [6.07, 6.45) is 3.70. The number of hydrogen-bond donors (Lipinski definition) is 1. The minimum absolute atomic E-state index is 0.136. The maximum absolute atomic E-state index is 6.18. The van der Waals surface area contributed by atoms with Crippen LogP contribution in [0.1, 0.15) is 19.4 Å². The molecule has 1 heterocycles. The molecule has 0 aliphatic heterocycles. The van der Waals surface area contributed by atoms with Gasteiger partial charge in [-0.1, -0.05) is 17.7 Å². The number of aromatic nitrogens is 1. The van der Waals surface area contributed by atoms with Crippen LogP contribution in [0.15, 0.2) is 36.7 Å². The Labute approximate surface area is 124 Å². The van der Waals surface area contributed by atoms with Crippen molar-refractivity contribution in [3.05, 3.63) is 47.2 Å². The standard InChI is InChI=1S/C16H19ClN2O/c1-11(2)20-15-7-13(9-19-10-15)12-4-5-16(17)14(6-12)8-18-3/h4-7,9-11,18H,8H2,1-3H3. The molecule has 1 aromatic carbocycles. The summed E-state index contributed by atoms with van der Waals surface area (Å²) in [5, 5.41) is 3.89. The van der Waals surface area contributed by atoms with Crippen LogP contribution in [0.2, 0.25) is 5.02 Å². The number of nitrogens with one attached hydrogen (secondary N) is 1. The molecular weight excluding hydrogens is 272 g/mol. The Morgan fingerprint density at radius 1 is 1.20 bits per heavy atom. The summed E-state index contributed by atoms with van der Waals surface area (Å²) in [7, 11) is 1.90. The third-order valence-corrected chi connectivity index (χ3v) is 3.20. The van der Waals surface area contributed by atoms with Crippen molar-refractivity contribution in [2.45, 2.75) is 26.5 Å². The van der Waals surface area contributed by atoms with Crippen LogP contribution in [-0.4, -0.2) is 18.1 Å². The average Bonchev–Trinajstić information content (AvgIpc) is 2.41. The van der Waals surface area contributed by atoms with Gasteiger partial charge in [0.05, 0.1) is 12.3 Å². The summed E-state index contributed by atoms with van der Waals surface area (Å²) in [5.41, 5.74) is 3.18. The summed E-state index contributed by atoms with van der Waals surface area (Å²) in [4.78, 5) is 4.24. The highest BCUT2D eigenvalue weighted by Crippen LogP contribution is 2.27. The zero-order valence-corrected chi connectivity index (χ0v) is 12.7. The normalized spacial score (nSPS) is 10.8. The van der Waals surface area contributed by atoms with E-state index in [-0.39, 0.29) is 6.10 Å². The molecule has 106 valence electrons. The van der Waals surface area contributed by atoms with E-state index in [0.717, 1.165) is 34.0 Å². The third-order valence-electron chi connectivity index (χ3n) is 2.83. The number of pyridine rings is 1. The molecule has 1 aromatic heterocycles. The quantitative estimate of drug-likeness (QED) is 0.906. The van der Waals surface area contributed by atoms with Crippen molar-refractivity contribution in [3.63, 3.8) is 0 Å². The lowest BCUT2D eigenvalue weighted by Crippen LogP contribution is -2.06. The number of halogens is 1. The molecule has 0 bridgehead atoms. The summed E-state index contributed by atoms with van der Waals surface area (Å²) >= 11 is 6.18. The van der Waals surface area contributed by atoms with Crippen LogP contribution in [0.4, 0.5) is 0 Å². The number of ether oxygens (including phenoxy) is 1. The largest absolute Gasteiger partial charge is 0.489 e. The molecule has 0 amide bonds. The van der Waals surface area contributed by atoms with Crippen molar-refractivity contribution >= 4 is 11.6 Å². The first-order chi connectivity index (χ1) is 9.60. The third kappa shape index (κ3) is 3.71. The molecule has 0 aliphatic carbocycles. The smallest absolute Gasteiger partial charge is 0.138 e. The van der Waals surface area contributed by atoms with Gasteiger partial charge in [0.1, 0.15) is 5.75 Å². The molecule has 2 rings (SSSR count). The van der Waals surface area contributed by atoms with Crippen LogP contribution in [0, 0.1) is 0 Å². The molecule has 1 N–H and O–H groups in total. The van der Waals surface area contributed by atoms with Crippen molar-refractivity contribution < 1.29 is 4.74 Å². The first kappa shape index (κ1) is 14.8. The molecule has 3 nitrogen and oxygen atoms in total. The minimum atomic E-state index is 0.136. The molecule has 2 aromatic rings. The summed E-state index contributed by atoms with van der Waals surface area (Å²) in [6.45, 7) is 4.74. The lowest BCUT2D eigenvalue weighted by Gasteiger charge is -2.11. The van der Waals surface area contributed by atoms with E-state index < -0.39 is 0 Å². The highest BCUT2D eigenvalue weighted by atomic mass is 35.5. The zero-order chi connectivity index (χ0) is 14.5. The zero-order valence-electron chi connectivity index (χ0n) is 12.0. The van der Waals surface area contributed by atoms with Crippen LogP contribution in [0.5, 0.6) is 5.75 Å². The number of nitrogens with zero attached hydrogens (tertiary/aromatic N) is 1. The highest BCUT2D eigenvalue weighted by Gasteiger charge is 2.06. The maximum atomic E-state index is 6.18. The van der Waals surface area contributed by atoms with Gasteiger partial charge >= 0.3 is 0 Å². The molecule has 0 aliphatic rings. The summed E-state index contributed by atoms with van der Waals surface area (Å²) in [6, 6.07) is 7.99. The topological polar surface area (TPSA) is 34.2 Å². The van der Waals surface area contributed by atoms with E-state index in [2.05, 4.69) is 16.4 Å². The van der Waals surface area contributed by atoms with Gasteiger partial charge in [-0.2, -0.15) is 0 Å². The second-order valence-corrected chi connectivity index (χ2v) is 5.32. The average molecular weight is 291 g/mol. The predicted octanol–water partition coefficient (Wildman–Crippen LogP) is 3.91. The Hall–Kier alpha value is -1.58. The predicted molar refractivity (Wildman–Crippen MR) is 83.2 cm³/mol. The van der Waals surface area contributed by atoms with Crippen molar-refractivity contribution in [3.8, 4) is 16.9 Å². The van der Waals surface area contributed by atoms with Gasteiger partial charge < -0.3 is 10.1 Å². The number of rotatable bonds is 5. The van der Waals surface area contributed by atoms with Gasteiger partial charge in [0.25, 0.3) is 0 Å². The van der Waals surface area contributed by atoms with Crippen molar-refractivity contribution in [1.29, 1.82) is 0 Å².